The smallest absolute Gasteiger partial charge is 0.221 e. The Labute approximate surface area is 190 Å². The van der Waals surface area contributed by atoms with Crippen LogP contribution in [0.4, 0.5) is 11.8 Å². The highest BCUT2D eigenvalue weighted by Crippen LogP contribution is 2.24. The molecule has 1 aliphatic heterocycles. The number of benzene rings is 1. The van der Waals surface area contributed by atoms with E-state index in [0.717, 1.165) is 43.3 Å². The lowest BCUT2D eigenvalue weighted by Crippen LogP contribution is -2.43. The summed E-state index contributed by atoms with van der Waals surface area (Å²) in [4.78, 5) is 15.7. The van der Waals surface area contributed by atoms with Crippen molar-refractivity contribution in [2.45, 2.75) is 6.54 Å². The maximum atomic E-state index is 9.17. The zero-order valence-corrected chi connectivity index (χ0v) is 17.9. The van der Waals surface area contributed by atoms with Gasteiger partial charge in [-0.2, -0.15) is 5.26 Å². The molecule has 0 unspecified atom stereocenters. The Balaban J connectivity index is 1.38. The minimum Gasteiger partial charge on any atom is -0.368 e. The first-order chi connectivity index (χ1) is 16.2. The Morgan fingerprint density at radius 2 is 1.79 bits per heavy atom. The molecule has 1 aromatic carbocycles. The number of nitriles is 1. The zero-order chi connectivity index (χ0) is 22.6. The molecule has 0 amide bonds. The Morgan fingerprint density at radius 1 is 0.970 bits per heavy atom. The number of piperazine rings is 1. The fourth-order valence-electron chi connectivity index (χ4n) is 3.78. The summed E-state index contributed by atoms with van der Waals surface area (Å²) in [6, 6.07) is 17.2. The molecule has 164 valence electrons. The van der Waals surface area contributed by atoms with Crippen LogP contribution in [-0.2, 0) is 6.54 Å². The summed E-state index contributed by atoms with van der Waals surface area (Å²) >= 11 is 0. The molecule has 3 aromatic heterocycles. The van der Waals surface area contributed by atoms with E-state index in [1.54, 1.807) is 22.9 Å². The van der Waals surface area contributed by atoms with E-state index < -0.39 is 0 Å². The third-order valence-electron chi connectivity index (χ3n) is 5.39. The number of hydrogen-bond acceptors (Lipinski definition) is 9. The van der Waals surface area contributed by atoms with Gasteiger partial charge in [0, 0.05) is 31.7 Å². The number of pyridine rings is 1. The van der Waals surface area contributed by atoms with Crippen LogP contribution in [0, 0.1) is 11.3 Å². The predicted molar refractivity (Wildman–Crippen MR) is 124 cm³/mol. The van der Waals surface area contributed by atoms with Crippen LogP contribution in [0.5, 0.6) is 0 Å². The average molecular weight is 438 g/mol. The summed E-state index contributed by atoms with van der Waals surface area (Å²) in [7, 11) is 0. The van der Waals surface area contributed by atoms with E-state index in [2.05, 4.69) is 36.6 Å². The van der Waals surface area contributed by atoms with E-state index in [1.165, 1.54) is 0 Å². The molecular weight excluding hydrogens is 416 g/mol. The fourth-order valence-corrected chi connectivity index (χ4v) is 3.78. The number of nitrogens with zero attached hydrogens (tertiary/aromatic N) is 8. The lowest BCUT2D eigenvalue weighted by Gasteiger charge is -2.28. The number of nitrogen functional groups attached to an aromatic ring is 1. The molecule has 0 spiro atoms. The number of aromatic nitrogens is 6. The van der Waals surface area contributed by atoms with Gasteiger partial charge in [-0.15, -0.1) is 5.10 Å². The number of nitrogens with one attached hydrogen (secondary N) is 1. The normalized spacial score (nSPS) is 13.6. The molecule has 0 aliphatic carbocycles. The Hall–Kier alpha value is -4.36. The van der Waals surface area contributed by atoms with Gasteiger partial charge in [-0.25, -0.2) is 19.6 Å². The van der Waals surface area contributed by atoms with Crippen molar-refractivity contribution in [1.29, 1.82) is 5.26 Å². The van der Waals surface area contributed by atoms with Crippen molar-refractivity contribution >= 4 is 11.8 Å². The second-order valence-electron chi connectivity index (χ2n) is 7.71. The maximum Gasteiger partial charge on any atom is 0.221 e. The van der Waals surface area contributed by atoms with E-state index in [9.17, 15) is 5.26 Å². The van der Waals surface area contributed by atoms with Crippen LogP contribution in [0.25, 0.3) is 22.6 Å². The van der Waals surface area contributed by atoms with Gasteiger partial charge in [0.2, 0.25) is 5.95 Å². The molecular formula is C23H22N10. The summed E-state index contributed by atoms with van der Waals surface area (Å²) in [5, 5.41) is 21.0. The lowest BCUT2D eigenvalue weighted by atomic mass is 10.1. The van der Waals surface area contributed by atoms with E-state index >= 15 is 0 Å². The molecule has 0 radical (unpaired) electrons. The molecule has 10 nitrogen and oxygen atoms in total. The third-order valence-corrected chi connectivity index (χ3v) is 5.39. The highest BCUT2D eigenvalue weighted by molar-refractivity contribution is 5.68. The van der Waals surface area contributed by atoms with Crippen molar-refractivity contribution in [3.8, 4) is 28.7 Å². The summed E-state index contributed by atoms with van der Waals surface area (Å²) in [5.41, 5.74) is 9.96. The number of hydrogen-bond donors (Lipinski definition) is 2. The molecule has 1 saturated heterocycles. The lowest BCUT2D eigenvalue weighted by molar-refractivity contribution is 0.582. The van der Waals surface area contributed by atoms with Gasteiger partial charge in [-0.05, 0) is 30.3 Å². The quantitative estimate of drug-likeness (QED) is 0.477. The van der Waals surface area contributed by atoms with Crippen molar-refractivity contribution in [3.63, 3.8) is 0 Å². The standard InChI is InChI=1S/C23H22N10/c24-13-16-3-1-4-17(11-16)19-12-20(29-23(25)28-19)21-15-33(31-30-21)14-18-5-2-6-22(27-18)32-9-7-26-8-10-32/h1-6,11-12,15,26H,7-10,14H2,(H2,25,28,29). The summed E-state index contributed by atoms with van der Waals surface area (Å²) in [6.45, 7) is 4.30. The van der Waals surface area contributed by atoms with Crippen molar-refractivity contribution < 1.29 is 0 Å². The van der Waals surface area contributed by atoms with E-state index in [-0.39, 0.29) is 5.95 Å². The first kappa shape index (κ1) is 20.5. The highest BCUT2D eigenvalue weighted by atomic mass is 15.4. The van der Waals surface area contributed by atoms with Gasteiger partial charge in [-0.3, -0.25) is 0 Å². The molecule has 0 atom stereocenters. The molecule has 4 aromatic rings. The second-order valence-corrected chi connectivity index (χ2v) is 7.71. The maximum absolute atomic E-state index is 9.17. The largest absolute Gasteiger partial charge is 0.368 e. The Bertz CT molecular complexity index is 1320. The van der Waals surface area contributed by atoms with Crippen LogP contribution in [0.3, 0.4) is 0 Å². The minimum atomic E-state index is 0.129. The van der Waals surface area contributed by atoms with Crippen LogP contribution in [0.1, 0.15) is 11.3 Å². The van der Waals surface area contributed by atoms with E-state index in [4.69, 9.17) is 10.7 Å². The summed E-state index contributed by atoms with van der Waals surface area (Å²) in [5.74, 6) is 1.10. The molecule has 1 fully saturated rings. The van der Waals surface area contributed by atoms with Gasteiger partial charge in [0.15, 0.2) is 0 Å². The number of anilines is 2. The van der Waals surface area contributed by atoms with E-state index in [0.29, 0.717) is 29.2 Å². The molecule has 3 N–H and O–H groups in total. The summed E-state index contributed by atoms with van der Waals surface area (Å²) in [6.07, 6.45) is 1.82. The molecule has 1 aliphatic rings. The van der Waals surface area contributed by atoms with Gasteiger partial charge in [0.1, 0.15) is 11.5 Å². The molecule has 5 rings (SSSR count). The average Bonchev–Trinajstić information content (AvgIpc) is 3.33. The number of nitrogens with two attached hydrogens (primary N) is 1. The predicted octanol–water partition coefficient (Wildman–Crippen LogP) is 1.71. The third kappa shape index (κ3) is 4.63. The Kier molecular flexibility index (Phi) is 5.61. The molecule has 0 saturated carbocycles. The van der Waals surface area contributed by atoms with E-state index in [1.807, 2.05) is 36.5 Å². The van der Waals surface area contributed by atoms with Gasteiger partial charge in [-0.1, -0.05) is 23.4 Å². The van der Waals surface area contributed by atoms with Crippen molar-refractivity contribution in [2.75, 3.05) is 36.8 Å². The second kappa shape index (κ2) is 9.02. The highest BCUT2D eigenvalue weighted by Gasteiger charge is 2.14. The fraction of sp³-hybridized carbons (Fsp3) is 0.217. The van der Waals surface area contributed by atoms with Gasteiger partial charge < -0.3 is 16.0 Å². The summed E-state index contributed by atoms with van der Waals surface area (Å²) < 4.78 is 1.73. The molecule has 10 heteroatoms. The molecule has 33 heavy (non-hydrogen) atoms. The van der Waals surface area contributed by atoms with Crippen LogP contribution in [-0.4, -0.2) is 56.1 Å². The zero-order valence-electron chi connectivity index (χ0n) is 17.9. The van der Waals surface area contributed by atoms with Crippen LogP contribution < -0.4 is 16.0 Å². The monoisotopic (exact) mass is 438 g/mol. The topological polar surface area (TPSA) is 134 Å². The Morgan fingerprint density at radius 3 is 2.64 bits per heavy atom. The van der Waals surface area contributed by atoms with Crippen LogP contribution in [0.15, 0.2) is 54.7 Å². The van der Waals surface area contributed by atoms with Gasteiger partial charge in [0.05, 0.1) is 41.5 Å². The first-order valence-electron chi connectivity index (χ1n) is 10.7. The van der Waals surface area contributed by atoms with Crippen molar-refractivity contribution in [3.05, 3.63) is 66.0 Å². The molecule has 4 heterocycles. The van der Waals surface area contributed by atoms with Gasteiger partial charge >= 0.3 is 0 Å². The minimum absolute atomic E-state index is 0.129. The number of rotatable bonds is 5. The van der Waals surface area contributed by atoms with Crippen LogP contribution in [0.2, 0.25) is 0 Å². The van der Waals surface area contributed by atoms with Crippen LogP contribution >= 0.6 is 0 Å². The van der Waals surface area contributed by atoms with Crippen molar-refractivity contribution in [2.24, 2.45) is 0 Å². The van der Waals surface area contributed by atoms with Crippen molar-refractivity contribution in [1.82, 2.24) is 35.3 Å². The first-order valence-corrected chi connectivity index (χ1v) is 10.7. The van der Waals surface area contributed by atoms with Gasteiger partial charge in [0.25, 0.3) is 0 Å². The molecule has 0 bridgehead atoms. The SMILES string of the molecule is N#Cc1cccc(-c2cc(-c3cn(Cc4cccc(N5CCNCC5)n4)nn3)nc(N)n2)c1.